The molecule has 1 aromatic carbocycles. The third-order valence-electron chi connectivity index (χ3n) is 4.22. The number of anilines is 2. The van der Waals surface area contributed by atoms with Crippen LogP contribution in [0.1, 0.15) is 10.6 Å². The molecule has 1 aliphatic heterocycles. The lowest BCUT2D eigenvalue weighted by Gasteiger charge is -2.33. The van der Waals surface area contributed by atoms with E-state index in [2.05, 4.69) is 15.3 Å². The number of carbonyl (C=O) groups is 1. The Labute approximate surface area is 159 Å². The fourth-order valence-electron chi connectivity index (χ4n) is 2.88. The average molecular weight is 389 g/mol. The number of piperazine rings is 1. The molecule has 0 spiro atoms. The first-order chi connectivity index (χ1) is 12.6. The van der Waals surface area contributed by atoms with Crippen molar-refractivity contribution in [3.05, 3.63) is 52.3 Å². The summed E-state index contributed by atoms with van der Waals surface area (Å²) >= 11 is 7.44. The maximum Gasteiger partial charge on any atom is 0.246 e. The zero-order valence-corrected chi connectivity index (χ0v) is 15.7. The molecule has 0 saturated carbocycles. The van der Waals surface area contributed by atoms with Crippen LogP contribution in [0.5, 0.6) is 0 Å². The monoisotopic (exact) mass is 388 g/mol. The number of aromatic nitrogens is 4. The number of halogens is 1. The number of carbonyl (C=O) groups excluding carboxylic acids is 1. The zero-order chi connectivity index (χ0) is 18.1. The van der Waals surface area contributed by atoms with Crippen LogP contribution in [-0.4, -0.2) is 45.5 Å². The average Bonchev–Trinajstić information content (AvgIpc) is 3.26. The van der Waals surface area contributed by atoms with Crippen molar-refractivity contribution in [3.8, 4) is 0 Å². The zero-order valence-electron chi connectivity index (χ0n) is 14.2. The molecule has 0 unspecified atom stereocenters. The van der Waals surface area contributed by atoms with Crippen LogP contribution in [0, 0.1) is 0 Å². The summed E-state index contributed by atoms with van der Waals surface area (Å²) in [7, 11) is 1.84. The third kappa shape index (κ3) is 3.56. The Morgan fingerprint density at radius 3 is 2.69 bits per heavy atom. The lowest BCUT2D eigenvalue weighted by molar-refractivity contribution is -0.117. The van der Waals surface area contributed by atoms with Crippen LogP contribution in [0.15, 0.2) is 36.7 Å². The van der Waals surface area contributed by atoms with Crippen molar-refractivity contribution >= 4 is 39.7 Å². The third-order valence-corrected chi connectivity index (χ3v) is 5.45. The van der Waals surface area contributed by atoms with Crippen molar-refractivity contribution in [1.29, 1.82) is 0 Å². The number of benzene rings is 1. The summed E-state index contributed by atoms with van der Waals surface area (Å²) in [6.07, 6.45) is 4.27. The fourth-order valence-corrected chi connectivity index (χ4v) is 3.90. The molecular weight excluding hydrogens is 372 g/mol. The van der Waals surface area contributed by atoms with E-state index in [0.29, 0.717) is 19.5 Å². The van der Waals surface area contributed by atoms with Gasteiger partial charge in [-0.2, -0.15) is 5.10 Å². The Balaban J connectivity index is 1.42. The van der Waals surface area contributed by atoms with Crippen LogP contribution in [0.4, 0.5) is 10.8 Å². The quantitative estimate of drug-likeness (QED) is 0.686. The summed E-state index contributed by atoms with van der Waals surface area (Å²) in [6, 6.07) is 7.71. The SMILES string of the molecule is Cn1cc(N2CCN(c3nnc(Cc4ccc(Cl)cc4)s3)CC2=O)cn1. The highest BCUT2D eigenvalue weighted by Crippen LogP contribution is 2.25. The molecule has 7 nitrogen and oxygen atoms in total. The van der Waals surface area contributed by atoms with Crippen molar-refractivity contribution < 1.29 is 4.79 Å². The molecule has 1 fully saturated rings. The Morgan fingerprint density at radius 1 is 1.19 bits per heavy atom. The Kier molecular flexibility index (Phi) is 4.60. The predicted octanol–water partition coefficient (Wildman–Crippen LogP) is 2.37. The van der Waals surface area contributed by atoms with Gasteiger partial charge in [-0.1, -0.05) is 35.1 Å². The molecular formula is C17H17ClN6OS. The van der Waals surface area contributed by atoms with Crippen LogP contribution < -0.4 is 9.80 Å². The van der Waals surface area contributed by atoms with Gasteiger partial charge in [0.25, 0.3) is 0 Å². The molecule has 0 N–H and O–H groups in total. The standard InChI is InChI=1S/C17H17ClN6OS/c1-22-10-14(9-19-22)24-7-6-23(11-16(24)25)17-21-20-15(26-17)8-12-2-4-13(18)5-3-12/h2-5,9-10H,6-8,11H2,1H3. The smallest absolute Gasteiger partial charge is 0.246 e. The van der Waals surface area contributed by atoms with Crippen LogP contribution in [0.2, 0.25) is 5.02 Å². The number of rotatable bonds is 4. The summed E-state index contributed by atoms with van der Waals surface area (Å²) in [5.41, 5.74) is 1.97. The fraction of sp³-hybridized carbons (Fsp3) is 0.294. The van der Waals surface area contributed by atoms with Crippen LogP contribution in [0.3, 0.4) is 0 Å². The first kappa shape index (κ1) is 17.0. The predicted molar refractivity (Wildman–Crippen MR) is 102 cm³/mol. The number of hydrogen-bond acceptors (Lipinski definition) is 6. The maximum atomic E-state index is 12.5. The summed E-state index contributed by atoms with van der Waals surface area (Å²) in [5, 5.41) is 15.1. The first-order valence-corrected chi connectivity index (χ1v) is 9.39. The Morgan fingerprint density at radius 2 is 2.00 bits per heavy atom. The van der Waals surface area contributed by atoms with Crippen LogP contribution in [0.25, 0.3) is 0 Å². The molecule has 3 aromatic rings. The number of hydrogen-bond donors (Lipinski definition) is 0. The largest absolute Gasteiger partial charge is 0.336 e. The van der Waals surface area contributed by atoms with Crippen molar-refractivity contribution in [1.82, 2.24) is 20.0 Å². The van der Waals surface area contributed by atoms with Gasteiger partial charge < -0.3 is 9.80 Å². The second-order valence-electron chi connectivity index (χ2n) is 6.12. The van der Waals surface area contributed by atoms with Crippen molar-refractivity contribution in [2.24, 2.45) is 7.05 Å². The molecule has 134 valence electrons. The van der Waals surface area contributed by atoms with Gasteiger partial charge in [0.2, 0.25) is 11.0 Å². The van der Waals surface area contributed by atoms with Gasteiger partial charge in [0.15, 0.2) is 0 Å². The molecule has 4 rings (SSSR count). The second-order valence-corrected chi connectivity index (χ2v) is 7.60. The van der Waals surface area contributed by atoms with Crippen molar-refractivity contribution in [3.63, 3.8) is 0 Å². The van der Waals surface area contributed by atoms with E-state index >= 15 is 0 Å². The van der Waals surface area contributed by atoms with E-state index < -0.39 is 0 Å². The van der Waals surface area contributed by atoms with E-state index in [-0.39, 0.29) is 5.91 Å². The van der Waals surface area contributed by atoms with Crippen molar-refractivity contribution in [2.45, 2.75) is 6.42 Å². The molecule has 2 aromatic heterocycles. The minimum absolute atomic E-state index is 0.0405. The minimum Gasteiger partial charge on any atom is -0.336 e. The van der Waals surface area contributed by atoms with Gasteiger partial charge >= 0.3 is 0 Å². The number of amides is 1. The molecule has 9 heteroatoms. The molecule has 3 heterocycles. The van der Waals surface area contributed by atoms with E-state index in [4.69, 9.17) is 11.6 Å². The topological polar surface area (TPSA) is 67.2 Å². The van der Waals surface area contributed by atoms with E-state index in [0.717, 1.165) is 33.0 Å². The normalized spacial score (nSPS) is 14.9. The molecule has 0 aliphatic carbocycles. The highest BCUT2D eigenvalue weighted by Gasteiger charge is 2.27. The van der Waals surface area contributed by atoms with Gasteiger partial charge in [0.05, 0.1) is 18.4 Å². The van der Waals surface area contributed by atoms with E-state index in [1.807, 2.05) is 42.4 Å². The van der Waals surface area contributed by atoms with Gasteiger partial charge in [0.1, 0.15) is 5.01 Å². The van der Waals surface area contributed by atoms with Crippen LogP contribution in [-0.2, 0) is 18.3 Å². The highest BCUT2D eigenvalue weighted by molar-refractivity contribution is 7.15. The van der Waals surface area contributed by atoms with Crippen molar-refractivity contribution in [2.75, 3.05) is 29.4 Å². The summed E-state index contributed by atoms with van der Waals surface area (Å²) in [6.45, 7) is 1.62. The van der Waals surface area contributed by atoms with Gasteiger partial charge in [-0.05, 0) is 17.7 Å². The maximum absolute atomic E-state index is 12.5. The first-order valence-electron chi connectivity index (χ1n) is 8.19. The summed E-state index contributed by atoms with van der Waals surface area (Å²) in [4.78, 5) is 16.3. The van der Waals surface area contributed by atoms with Gasteiger partial charge in [-0.3, -0.25) is 9.48 Å². The molecule has 0 atom stereocenters. The Hall–Kier alpha value is -2.45. The number of nitrogens with zero attached hydrogens (tertiary/aromatic N) is 6. The molecule has 1 aliphatic rings. The van der Waals surface area contributed by atoms with Gasteiger partial charge in [-0.15, -0.1) is 10.2 Å². The number of aryl methyl sites for hydroxylation is 1. The molecule has 1 saturated heterocycles. The molecule has 1 amide bonds. The highest BCUT2D eigenvalue weighted by atomic mass is 35.5. The molecule has 26 heavy (non-hydrogen) atoms. The summed E-state index contributed by atoms with van der Waals surface area (Å²) in [5.74, 6) is 0.0405. The van der Waals surface area contributed by atoms with Crippen LogP contribution >= 0.6 is 22.9 Å². The molecule has 0 bridgehead atoms. The van der Waals surface area contributed by atoms with E-state index in [1.165, 1.54) is 11.3 Å². The lowest BCUT2D eigenvalue weighted by atomic mass is 10.2. The van der Waals surface area contributed by atoms with E-state index in [9.17, 15) is 4.79 Å². The van der Waals surface area contributed by atoms with Gasteiger partial charge in [0, 0.05) is 37.8 Å². The summed E-state index contributed by atoms with van der Waals surface area (Å²) < 4.78 is 1.70. The second kappa shape index (κ2) is 7.05. The Bertz CT molecular complexity index is 921. The lowest BCUT2D eigenvalue weighted by Crippen LogP contribution is -2.50. The minimum atomic E-state index is 0.0405. The van der Waals surface area contributed by atoms with E-state index in [1.54, 1.807) is 15.8 Å². The van der Waals surface area contributed by atoms with Gasteiger partial charge in [-0.25, -0.2) is 0 Å². The molecule has 0 radical (unpaired) electrons.